The Kier molecular flexibility index (Phi) is 4.92. The summed E-state index contributed by atoms with van der Waals surface area (Å²) < 4.78 is 47.6. The number of imidazole rings is 1. The Hall–Kier alpha value is -2.36. The SMILES string of the molecule is COc1cc(Cl)c(-c2nnc(-c3cn4cc(C(C)(F)F)cc(Cl)c4n3)s2)cc1F. The predicted octanol–water partition coefficient (Wildman–Crippen LogP) is 6.09. The Labute approximate surface area is 176 Å². The van der Waals surface area contributed by atoms with Crippen LogP contribution in [0, 0.1) is 5.82 Å². The molecule has 4 aromatic rings. The van der Waals surface area contributed by atoms with Crippen molar-refractivity contribution in [1.29, 1.82) is 0 Å². The average molecular weight is 459 g/mol. The lowest BCUT2D eigenvalue weighted by Crippen LogP contribution is -2.08. The van der Waals surface area contributed by atoms with Gasteiger partial charge in [-0.05, 0) is 12.1 Å². The van der Waals surface area contributed by atoms with Crippen molar-refractivity contribution in [2.75, 3.05) is 7.11 Å². The van der Waals surface area contributed by atoms with Crippen LogP contribution in [0.3, 0.4) is 0 Å². The summed E-state index contributed by atoms with van der Waals surface area (Å²) in [5.41, 5.74) is 0.804. The smallest absolute Gasteiger partial charge is 0.271 e. The monoisotopic (exact) mass is 458 g/mol. The van der Waals surface area contributed by atoms with Crippen LogP contribution < -0.4 is 4.74 Å². The largest absolute Gasteiger partial charge is 0.494 e. The standard InChI is InChI=1S/C18H11Cl2F3N4OS/c1-18(22,23)8-3-11(20)15-24-13(7-27(15)6-8)17-26-25-16(29-17)9-4-12(21)14(28-2)5-10(9)19/h3-7H,1-2H3. The molecule has 3 heterocycles. The van der Waals surface area contributed by atoms with E-state index in [-0.39, 0.29) is 21.4 Å². The molecule has 0 unspecified atom stereocenters. The van der Waals surface area contributed by atoms with Crippen molar-refractivity contribution in [3.8, 4) is 27.0 Å². The van der Waals surface area contributed by atoms with Crippen molar-refractivity contribution in [1.82, 2.24) is 19.6 Å². The Morgan fingerprint density at radius 3 is 2.48 bits per heavy atom. The lowest BCUT2D eigenvalue weighted by Gasteiger charge is -2.11. The van der Waals surface area contributed by atoms with Crippen molar-refractivity contribution in [3.05, 3.63) is 52.0 Å². The molecule has 29 heavy (non-hydrogen) atoms. The molecule has 4 rings (SSSR count). The van der Waals surface area contributed by atoms with Crippen LogP contribution in [0.4, 0.5) is 13.2 Å². The maximum Gasteiger partial charge on any atom is 0.271 e. The number of aromatic nitrogens is 4. The highest BCUT2D eigenvalue weighted by Gasteiger charge is 2.26. The first kappa shape index (κ1) is 19.9. The van der Waals surface area contributed by atoms with Gasteiger partial charge in [-0.25, -0.2) is 18.2 Å². The molecule has 5 nitrogen and oxygen atoms in total. The van der Waals surface area contributed by atoms with Crippen molar-refractivity contribution >= 4 is 40.2 Å². The number of methoxy groups -OCH3 is 1. The van der Waals surface area contributed by atoms with E-state index in [1.807, 2.05) is 0 Å². The second-order valence-corrected chi connectivity index (χ2v) is 7.99. The van der Waals surface area contributed by atoms with Gasteiger partial charge in [0.05, 0.1) is 17.2 Å². The molecule has 0 aliphatic carbocycles. The summed E-state index contributed by atoms with van der Waals surface area (Å²) in [6, 6.07) is 3.74. The Bertz CT molecular complexity index is 1240. The predicted molar refractivity (Wildman–Crippen MR) is 106 cm³/mol. The molecule has 0 amide bonds. The van der Waals surface area contributed by atoms with Crippen LogP contribution in [0.15, 0.2) is 30.6 Å². The summed E-state index contributed by atoms with van der Waals surface area (Å²) in [5.74, 6) is -3.62. The summed E-state index contributed by atoms with van der Waals surface area (Å²) in [5, 5.41) is 9.21. The number of rotatable bonds is 4. The molecule has 0 bridgehead atoms. The van der Waals surface area contributed by atoms with Crippen LogP contribution in [-0.4, -0.2) is 26.7 Å². The fourth-order valence-corrected chi connectivity index (χ4v) is 4.07. The maximum atomic E-state index is 14.0. The molecule has 0 atom stereocenters. The quantitative estimate of drug-likeness (QED) is 0.371. The molecule has 0 saturated carbocycles. The van der Waals surface area contributed by atoms with E-state index >= 15 is 0 Å². The highest BCUT2D eigenvalue weighted by molar-refractivity contribution is 7.18. The normalized spacial score (nSPS) is 12.0. The van der Waals surface area contributed by atoms with Gasteiger partial charge in [0.1, 0.15) is 10.7 Å². The van der Waals surface area contributed by atoms with Crippen LogP contribution >= 0.6 is 34.5 Å². The van der Waals surface area contributed by atoms with Gasteiger partial charge in [0, 0.05) is 36.5 Å². The van der Waals surface area contributed by atoms with Crippen LogP contribution in [0.2, 0.25) is 10.0 Å². The lowest BCUT2D eigenvalue weighted by molar-refractivity contribution is 0.0170. The minimum Gasteiger partial charge on any atom is -0.494 e. The third kappa shape index (κ3) is 3.65. The first-order chi connectivity index (χ1) is 13.7. The number of fused-ring (bicyclic) bond motifs is 1. The number of hydrogen-bond acceptors (Lipinski definition) is 5. The van der Waals surface area contributed by atoms with Crippen molar-refractivity contribution in [2.24, 2.45) is 0 Å². The third-order valence-corrected chi connectivity index (χ3v) is 5.70. The minimum atomic E-state index is -3.05. The van der Waals surface area contributed by atoms with E-state index in [2.05, 4.69) is 15.2 Å². The van der Waals surface area contributed by atoms with Crippen molar-refractivity contribution in [3.63, 3.8) is 0 Å². The summed E-state index contributed by atoms with van der Waals surface area (Å²) in [6.45, 7) is 0.789. The van der Waals surface area contributed by atoms with Crippen LogP contribution in [0.5, 0.6) is 5.75 Å². The first-order valence-electron chi connectivity index (χ1n) is 8.11. The van der Waals surface area contributed by atoms with Gasteiger partial charge >= 0.3 is 0 Å². The van der Waals surface area contributed by atoms with Crippen LogP contribution in [-0.2, 0) is 5.92 Å². The zero-order valence-corrected chi connectivity index (χ0v) is 17.2. The number of hydrogen-bond donors (Lipinski definition) is 0. The van der Waals surface area contributed by atoms with Gasteiger partial charge < -0.3 is 9.14 Å². The molecule has 0 aliphatic rings. The number of benzene rings is 1. The fraction of sp³-hybridized carbons (Fsp3) is 0.167. The zero-order valence-electron chi connectivity index (χ0n) is 14.9. The number of ether oxygens (including phenoxy) is 1. The van der Waals surface area contributed by atoms with Gasteiger partial charge in [0.25, 0.3) is 5.92 Å². The minimum absolute atomic E-state index is 0.0158. The third-order valence-electron chi connectivity index (χ3n) is 4.13. The van der Waals surface area contributed by atoms with Crippen LogP contribution in [0.1, 0.15) is 12.5 Å². The highest BCUT2D eigenvalue weighted by Crippen LogP contribution is 2.37. The van der Waals surface area contributed by atoms with E-state index in [1.165, 1.54) is 42.1 Å². The molecule has 3 aromatic heterocycles. The van der Waals surface area contributed by atoms with Crippen molar-refractivity contribution < 1.29 is 17.9 Å². The van der Waals surface area contributed by atoms with Crippen molar-refractivity contribution in [2.45, 2.75) is 12.8 Å². The molecule has 11 heteroatoms. The van der Waals surface area contributed by atoms with Gasteiger partial charge in [-0.15, -0.1) is 10.2 Å². The zero-order chi connectivity index (χ0) is 20.9. The lowest BCUT2D eigenvalue weighted by atomic mass is 10.2. The van der Waals surface area contributed by atoms with E-state index in [4.69, 9.17) is 27.9 Å². The number of nitrogens with zero attached hydrogens (tertiary/aromatic N) is 4. The van der Waals surface area contributed by atoms with E-state index in [0.29, 0.717) is 26.9 Å². The average Bonchev–Trinajstić information content (AvgIpc) is 3.29. The Morgan fingerprint density at radius 2 is 1.79 bits per heavy atom. The molecule has 0 spiro atoms. The summed E-state index contributed by atoms with van der Waals surface area (Å²) in [4.78, 5) is 4.35. The molecule has 0 radical (unpaired) electrons. The fourth-order valence-electron chi connectivity index (χ4n) is 2.68. The van der Waals surface area contributed by atoms with E-state index in [1.54, 1.807) is 0 Å². The number of alkyl halides is 2. The maximum absolute atomic E-state index is 14.0. The van der Waals surface area contributed by atoms with Gasteiger partial charge in [-0.2, -0.15) is 0 Å². The molecule has 0 aliphatic heterocycles. The van der Waals surface area contributed by atoms with E-state index < -0.39 is 11.7 Å². The Balaban J connectivity index is 1.76. The highest BCUT2D eigenvalue weighted by atomic mass is 35.5. The topological polar surface area (TPSA) is 52.3 Å². The second kappa shape index (κ2) is 7.16. The number of pyridine rings is 1. The molecule has 150 valence electrons. The van der Waals surface area contributed by atoms with Gasteiger partial charge in [-0.3, -0.25) is 0 Å². The summed E-state index contributed by atoms with van der Waals surface area (Å²) in [7, 11) is 1.34. The molecule has 1 aromatic carbocycles. The first-order valence-corrected chi connectivity index (χ1v) is 9.68. The van der Waals surface area contributed by atoms with Gasteiger partial charge in [-0.1, -0.05) is 34.5 Å². The molecular formula is C18H11Cl2F3N4OS. The van der Waals surface area contributed by atoms with Crippen LogP contribution in [0.25, 0.3) is 26.9 Å². The van der Waals surface area contributed by atoms with E-state index in [9.17, 15) is 13.2 Å². The summed E-state index contributed by atoms with van der Waals surface area (Å²) in [6.07, 6.45) is 2.78. The van der Waals surface area contributed by atoms with Gasteiger partial charge in [0.2, 0.25) is 0 Å². The van der Waals surface area contributed by atoms with E-state index in [0.717, 1.165) is 18.3 Å². The molecule has 0 saturated heterocycles. The molecule has 0 N–H and O–H groups in total. The molecule has 0 fully saturated rings. The Morgan fingerprint density at radius 1 is 1.07 bits per heavy atom. The molecular weight excluding hydrogens is 448 g/mol. The second-order valence-electron chi connectivity index (χ2n) is 6.20. The number of halogens is 5. The van der Waals surface area contributed by atoms with Gasteiger partial charge in [0.15, 0.2) is 22.2 Å². The summed E-state index contributed by atoms with van der Waals surface area (Å²) >= 11 is 13.4.